The maximum Gasteiger partial charge on any atom is 0.293 e. The largest absolute Gasteiger partial charge is 0.367 e. The van der Waals surface area contributed by atoms with E-state index in [2.05, 4.69) is 10.5 Å². The predicted octanol–water partition coefficient (Wildman–Crippen LogP) is 2.30. The fraction of sp³-hybridized carbons (Fsp3) is 0.467. The summed E-state index contributed by atoms with van der Waals surface area (Å²) in [6.45, 7) is 7.21. The normalized spacial score (nSPS) is 17.7. The van der Waals surface area contributed by atoms with Gasteiger partial charge in [0.05, 0.1) is 10.6 Å². The number of hydrogen-bond donors (Lipinski definition) is 1. The van der Waals surface area contributed by atoms with E-state index in [1.165, 1.54) is 0 Å². The second kappa shape index (κ2) is 6.55. The maximum absolute atomic E-state index is 11.4. The van der Waals surface area contributed by atoms with E-state index in [0.717, 1.165) is 0 Å². The van der Waals surface area contributed by atoms with Crippen molar-refractivity contribution >= 4 is 23.0 Å². The minimum absolute atomic E-state index is 0.0624. The highest BCUT2D eigenvalue weighted by Crippen LogP contribution is 2.30. The van der Waals surface area contributed by atoms with Gasteiger partial charge in [0, 0.05) is 37.1 Å². The Bertz CT molecular complexity index is 623. The lowest BCUT2D eigenvalue weighted by atomic mass is 9.93. The average molecular weight is 304 g/mol. The number of amides is 1. The van der Waals surface area contributed by atoms with Gasteiger partial charge in [-0.1, -0.05) is 13.0 Å². The van der Waals surface area contributed by atoms with Crippen LogP contribution in [0.15, 0.2) is 23.3 Å². The number of hydrogen-bond acceptors (Lipinski definition) is 5. The highest BCUT2D eigenvalue weighted by molar-refractivity contribution is 6.06. The number of nitro benzene ring substituents is 1. The molecule has 7 heteroatoms. The van der Waals surface area contributed by atoms with Crippen molar-refractivity contribution in [3.05, 3.63) is 33.9 Å². The van der Waals surface area contributed by atoms with Gasteiger partial charge in [-0.25, -0.2) is 5.43 Å². The summed E-state index contributed by atoms with van der Waals surface area (Å²) in [5.41, 5.74) is 4.46. The molecule has 0 saturated carbocycles. The smallest absolute Gasteiger partial charge is 0.293 e. The van der Waals surface area contributed by atoms with Crippen LogP contribution in [-0.2, 0) is 4.79 Å². The minimum Gasteiger partial charge on any atom is -0.367 e. The van der Waals surface area contributed by atoms with Gasteiger partial charge in [0.1, 0.15) is 5.69 Å². The van der Waals surface area contributed by atoms with Gasteiger partial charge in [0.2, 0.25) is 5.91 Å². The second-order valence-electron chi connectivity index (χ2n) is 5.27. The molecule has 0 spiro atoms. The van der Waals surface area contributed by atoms with E-state index >= 15 is 0 Å². The summed E-state index contributed by atoms with van der Waals surface area (Å²) in [7, 11) is 0. The van der Waals surface area contributed by atoms with Crippen molar-refractivity contribution in [1.29, 1.82) is 0 Å². The molecule has 0 saturated heterocycles. The first-order valence-electron chi connectivity index (χ1n) is 7.38. The van der Waals surface area contributed by atoms with Crippen molar-refractivity contribution in [3.63, 3.8) is 0 Å². The summed E-state index contributed by atoms with van der Waals surface area (Å²) in [6, 6.07) is 5.13. The molecule has 0 bridgehead atoms. The first-order chi connectivity index (χ1) is 10.5. The molecule has 1 heterocycles. The third-order valence-corrected chi connectivity index (χ3v) is 3.83. The number of anilines is 1. The molecule has 0 aliphatic carbocycles. The molecule has 0 fully saturated rings. The van der Waals surface area contributed by atoms with E-state index in [0.29, 0.717) is 36.5 Å². The number of nitrogens with zero attached hydrogens (tertiary/aromatic N) is 3. The standard InChI is InChI=1S/C15H20N4O3/c1-4-18(5-2)12-7-6-11(9-13(12)19(21)22)15-10(3)8-14(20)16-17-15/h6-7,9-10H,4-5,8H2,1-3H3,(H,16,20)/t10-/m0/s1. The lowest BCUT2D eigenvalue weighted by Gasteiger charge is -2.22. The molecule has 7 nitrogen and oxygen atoms in total. The van der Waals surface area contributed by atoms with Crippen molar-refractivity contribution in [1.82, 2.24) is 5.43 Å². The van der Waals surface area contributed by atoms with Gasteiger partial charge in [0.15, 0.2) is 0 Å². The molecule has 1 aromatic carbocycles. The van der Waals surface area contributed by atoms with Crippen LogP contribution in [0.1, 0.15) is 32.8 Å². The van der Waals surface area contributed by atoms with Crippen LogP contribution in [0.2, 0.25) is 0 Å². The predicted molar refractivity (Wildman–Crippen MR) is 85.1 cm³/mol. The molecule has 0 radical (unpaired) electrons. The van der Waals surface area contributed by atoms with E-state index in [1.54, 1.807) is 12.1 Å². The number of nitro groups is 1. The monoisotopic (exact) mass is 304 g/mol. The second-order valence-corrected chi connectivity index (χ2v) is 5.27. The van der Waals surface area contributed by atoms with E-state index in [-0.39, 0.29) is 22.4 Å². The average Bonchev–Trinajstić information content (AvgIpc) is 2.49. The third kappa shape index (κ3) is 3.08. The Kier molecular flexibility index (Phi) is 4.75. The van der Waals surface area contributed by atoms with E-state index in [4.69, 9.17) is 0 Å². The Labute approximate surface area is 129 Å². The van der Waals surface area contributed by atoms with Gasteiger partial charge in [-0.3, -0.25) is 14.9 Å². The van der Waals surface area contributed by atoms with Crippen LogP contribution in [0.5, 0.6) is 0 Å². The molecule has 2 rings (SSSR count). The Morgan fingerprint density at radius 1 is 1.41 bits per heavy atom. The number of rotatable bonds is 5. The first-order valence-corrected chi connectivity index (χ1v) is 7.38. The zero-order valence-corrected chi connectivity index (χ0v) is 13.0. The Balaban J connectivity index is 2.46. The van der Waals surface area contributed by atoms with Gasteiger partial charge < -0.3 is 4.90 Å². The lowest BCUT2D eigenvalue weighted by molar-refractivity contribution is -0.384. The number of hydrazone groups is 1. The van der Waals surface area contributed by atoms with Crippen molar-refractivity contribution in [2.45, 2.75) is 27.2 Å². The van der Waals surface area contributed by atoms with Crippen LogP contribution < -0.4 is 10.3 Å². The topological polar surface area (TPSA) is 87.8 Å². The van der Waals surface area contributed by atoms with Crippen LogP contribution in [0.25, 0.3) is 0 Å². The Hall–Kier alpha value is -2.44. The highest BCUT2D eigenvalue weighted by atomic mass is 16.6. The Morgan fingerprint density at radius 3 is 2.64 bits per heavy atom. The molecule has 1 aliphatic heterocycles. The van der Waals surface area contributed by atoms with Gasteiger partial charge >= 0.3 is 0 Å². The molecule has 22 heavy (non-hydrogen) atoms. The molecule has 0 aromatic heterocycles. The summed E-state index contributed by atoms with van der Waals surface area (Å²) < 4.78 is 0. The number of benzene rings is 1. The number of carbonyl (C=O) groups is 1. The number of carbonyl (C=O) groups excluding carboxylic acids is 1. The summed E-state index contributed by atoms with van der Waals surface area (Å²) >= 11 is 0. The SMILES string of the molecule is CCN(CC)c1ccc(C2=NNC(=O)C[C@@H]2C)cc1[N+](=O)[O-]. The van der Waals surface area contributed by atoms with E-state index in [9.17, 15) is 14.9 Å². The molecular formula is C15H20N4O3. The quantitative estimate of drug-likeness (QED) is 0.668. The third-order valence-electron chi connectivity index (χ3n) is 3.83. The maximum atomic E-state index is 11.4. The van der Waals surface area contributed by atoms with Crippen LogP contribution >= 0.6 is 0 Å². The fourth-order valence-electron chi connectivity index (χ4n) is 2.66. The fourth-order valence-corrected chi connectivity index (χ4v) is 2.66. The molecule has 1 amide bonds. The van der Waals surface area contributed by atoms with Crippen LogP contribution in [0.4, 0.5) is 11.4 Å². The zero-order chi connectivity index (χ0) is 16.3. The van der Waals surface area contributed by atoms with Crippen molar-refractivity contribution in [2.75, 3.05) is 18.0 Å². The van der Waals surface area contributed by atoms with Crippen molar-refractivity contribution < 1.29 is 9.72 Å². The summed E-state index contributed by atoms with van der Waals surface area (Å²) in [5.74, 6) is -0.196. The Morgan fingerprint density at radius 2 is 2.09 bits per heavy atom. The summed E-state index contributed by atoms with van der Waals surface area (Å²) in [4.78, 5) is 24.3. The summed E-state index contributed by atoms with van der Waals surface area (Å²) in [5, 5.41) is 15.5. The molecule has 1 aliphatic rings. The van der Waals surface area contributed by atoms with Crippen LogP contribution in [0, 0.1) is 16.0 Å². The zero-order valence-electron chi connectivity index (χ0n) is 13.0. The number of nitrogens with one attached hydrogen (secondary N) is 1. The molecule has 1 aromatic rings. The molecular weight excluding hydrogens is 284 g/mol. The van der Waals surface area contributed by atoms with Crippen molar-refractivity contribution in [3.8, 4) is 0 Å². The molecule has 0 unspecified atom stereocenters. The molecule has 118 valence electrons. The van der Waals surface area contributed by atoms with E-state index in [1.807, 2.05) is 31.7 Å². The van der Waals surface area contributed by atoms with Gasteiger partial charge in [0.25, 0.3) is 5.69 Å². The molecule has 1 atom stereocenters. The van der Waals surface area contributed by atoms with E-state index < -0.39 is 0 Å². The highest BCUT2D eigenvalue weighted by Gasteiger charge is 2.25. The van der Waals surface area contributed by atoms with Crippen LogP contribution in [0.3, 0.4) is 0 Å². The van der Waals surface area contributed by atoms with Gasteiger partial charge in [-0.15, -0.1) is 0 Å². The van der Waals surface area contributed by atoms with Gasteiger partial charge in [-0.2, -0.15) is 5.10 Å². The van der Waals surface area contributed by atoms with Gasteiger partial charge in [-0.05, 0) is 19.9 Å². The summed E-state index contributed by atoms with van der Waals surface area (Å²) in [6.07, 6.45) is 0.338. The van der Waals surface area contributed by atoms with Crippen molar-refractivity contribution in [2.24, 2.45) is 11.0 Å². The lowest BCUT2D eigenvalue weighted by Crippen LogP contribution is -2.32. The molecule has 1 N–H and O–H groups in total. The van der Waals surface area contributed by atoms with Crippen LogP contribution in [-0.4, -0.2) is 29.6 Å². The first kappa shape index (κ1) is 15.9. The minimum atomic E-state index is -0.371.